The molecule has 8 heteroatoms. The van der Waals surface area contributed by atoms with E-state index in [2.05, 4.69) is 15.7 Å². The summed E-state index contributed by atoms with van der Waals surface area (Å²) in [5.41, 5.74) is 3.46. The number of alkyl halides is 2. The first-order chi connectivity index (χ1) is 14.3. The number of amides is 1. The number of fused-ring (bicyclic) bond motifs is 1. The molecule has 1 aromatic heterocycles. The van der Waals surface area contributed by atoms with E-state index in [0.717, 1.165) is 16.7 Å². The van der Waals surface area contributed by atoms with E-state index in [1.165, 1.54) is 10.9 Å². The highest BCUT2D eigenvalue weighted by Crippen LogP contribution is 2.39. The van der Waals surface area contributed by atoms with Gasteiger partial charge in [-0.3, -0.25) is 4.79 Å². The Morgan fingerprint density at radius 3 is 2.67 bits per heavy atom. The maximum absolute atomic E-state index is 13.8. The van der Waals surface area contributed by atoms with Crippen LogP contribution in [0.1, 0.15) is 45.6 Å². The lowest BCUT2D eigenvalue weighted by Crippen LogP contribution is -2.31. The number of carbonyl (C=O) groups excluding carboxylic acids is 1. The zero-order chi connectivity index (χ0) is 21.4. The summed E-state index contributed by atoms with van der Waals surface area (Å²) in [6, 6.07) is 11.4. The third-order valence-electron chi connectivity index (χ3n) is 5.43. The van der Waals surface area contributed by atoms with Crippen LogP contribution in [0.25, 0.3) is 0 Å². The van der Waals surface area contributed by atoms with Gasteiger partial charge in [0.1, 0.15) is 17.4 Å². The number of hydrogen-bond acceptors (Lipinski definition) is 3. The van der Waals surface area contributed by atoms with Gasteiger partial charge in [0.05, 0.1) is 12.2 Å². The molecular weight excluding hydrogens is 410 g/mol. The summed E-state index contributed by atoms with van der Waals surface area (Å²) in [5.74, 6) is -0.152. The maximum Gasteiger partial charge on any atom is 0.261 e. The monoisotopic (exact) mass is 430 g/mol. The molecule has 0 saturated heterocycles. The van der Waals surface area contributed by atoms with Gasteiger partial charge in [-0.25, -0.2) is 13.5 Å². The van der Waals surface area contributed by atoms with E-state index in [4.69, 9.17) is 11.6 Å². The minimum absolute atomic E-state index is 0.171. The lowest BCUT2D eigenvalue weighted by molar-refractivity contribution is 0.0657. The molecular formula is C22H21ClF2N4O. The number of rotatable bonds is 4. The standard InChI is InChI=1S/C22H21ClF2N4O/c1-12-6-8-14(9-7-12)18-10-19(20(24)25)29-21(27-18)15(11-26-29)22(30)28-17-5-3-4-16(23)13(17)2/h3-9,11,18-20,27H,10H2,1-2H3,(H,28,30)/t18-,19+/m1/s1. The molecule has 4 rings (SSSR count). The number of aryl methyl sites for hydroxylation is 1. The molecule has 2 N–H and O–H groups in total. The predicted molar refractivity (Wildman–Crippen MR) is 114 cm³/mol. The highest BCUT2D eigenvalue weighted by molar-refractivity contribution is 6.31. The van der Waals surface area contributed by atoms with Gasteiger partial charge >= 0.3 is 0 Å². The molecule has 2 aromatic carbocycles. The first-order valence-corrected chi connectivity index (χ1v) is 9.98. The molecule has 2 atom stereocenters. The molecule has 0 aliphatic carbocycles. The van der Waals surface area contributed by atoms with Gasteiger partial charge in [0.2, 0.25) is 0 Å². The Hall–Kier alpha value is -2.93. The summed E-state index contributed by atoms with van der Waals surface area (Å²) in [5, 5.41) is 10.7. The van der Waals surface area contributed by atoms with Gasteiger partial charge in [-0.15, -0.1) is 0 Å². The third-order valence-corrected chi connectivity index (χ3v) is 5.84. The first-order valence-electron chi connectivity index (χ1n) is 9.60. The Morgan fingerprint density at radius 1 is 1.23 bits per heavy atom. The smallest absolute Gasteiger partial charge is 0.261 e. The number of aromatic nitrogens is 2. The molecule has 0 fully saturated rings. The first kappa shape index (κ1) is 20.3. The number of hydrogen-bond donors (Lipinski definition) is 2. The number of anilines is 2. The van der Waals surface area contributed by atoms with E-state index in [1.54, 1.807) is 25.1 Å². The molecule has 0 radical (unpaired) electrons. The molecule has 3 aromatic rings. The Morgan fingerprint density at radius 2 is 1.97 bits per heavy atom. The number of benzene rings is 2. The topological polar surface area (TPSA) is 59.0 Å². The van der Waals surface area contributed by atoms with Crippen LogP contribution in [-0.2, 0) is 0 Å². The summed E-state index contributed by atoms with van der Waals surface area (Å²) >= 11 is 6.13. The van der Waals surface area contributed by atoms with Crippen LogP contribution in [0.4, 0.5) is 20.3 Å². The SMILES string of the molecule is Cc1ccc([C@H]2C[C@@H](C(F)F)n3ncc(C(=O)Nc4cccc(Cl)c4C)c3N2)cc1. The van der Waals surface area contributed by atoms with Gasteiger partial charge in [0.15, 0.2) is 0 Å². The van der Waals surface area contributed by atoms with E-state index >= 15 is 0 Å². The zero-order valence-corrected chi connectivity index (χ0v) is 17.3. The molecule has 1 aliphatic heterocycles. The zero-order valence-electron chi connectivity index (χ0n) is 16.5. The van der Waals surface area contributed by atoms with Gasteiger partial charge in [-0.2, -0.15) is 5.10 Å². The molecule has 1 aliphatic rings. The van der Waals surface area contributed by atoms with Crippen molar-refractivity contribution in [1.29, 1.82) is 0 Å². The molecule has 0 saturated carbocycles. The van der Waals surface area contributed by atoms with Crippen molar-refractivity contribution in [3.63, 3.8) is 0 Å². The minimum atomic E-state index is -2.61. The minimum Gasteiger partial charge on any atom is -0.363 e. The molecule has 5 nitrogen and oxygen atoms in total. The van der Waals surface area contributed by atoms with Gasteiger partial charge in [-0.1, -0.05) is 47.5 Å². The number of nitrogens with one attached hydrogen (secondary N) is 2. The number of halogens is 3. The summed E-state index contributed by atoms with van der Waals surface area (Å²) in [4.78, 5) is 12.9. The summed E-state index contributed by atoms with van der Waals surface area (Å²) < 4.78 is 28.8. The average Bonchev–Trinajstić information content (AvgIpc) is 3.15. The van der Waals surface area contributed by atoms with Crippen LogP contribution in [0.5, 0.6) is 0 Å². The maximum atomic E-state index is 13.8. The molecule has 1 amide bonds. The lowest BCUT2D eigenvalue weighted by Gasteiger charge is -2.32. The number of carbonyl (C=O) groups is 1. The summed E-state index contributed by atoms with van der Waals surface area (Å²) in [7, 11) is 0. The molecule has 30 heavy (non-hydrogen) atoms. The Labute approximate surface area is 178 Å². The van der Waals surface area contributed by atoms with Crippen molar-refractivity contribution in [3.8, 4) is 0 Å². The Bertz CT molecular complexity index is 1080. The summed E-state index contributed by atoms with van der Waals surface area (Å²) in [6.07, 6.45) is -1.11. The van der Waals surface area contributed by atoms with E-state index in [1.807, 2.05) is 31.2 Å². The third kappa shape index (κ3) is 3.77. The van der Waals surface area contributed by atoms with Gasteiger partial charge < -0.3 is 10.6 Å². The van der Waals surface area contributed by atoms with Crippen molar-refractivity contribution >= 4 is 29.0 Å². The van der Waals surface area contributed by atoms with Crippen molar-refractivity contribution in [1.82, 2.24) is 9.78 Å². The molecule has 0 unspecified atom stereocenters. The predicted octanol–water partition coefficient (Wildman–Crippen LogP) is 5.77. The van der Waals surface area contributed by atoms with Crippen LogP contribution in [-0.4, -0.2) is 22.1 Å². The highest BCUT2D eigenvalue weighted by atomic mass is 35.5. The Balaban J connectivity index is 1.67. The van der Waals surface area contributed by atoms with Crippen LogP contribution >= 0.6 is 11.6 Å². The second-order valence-electron chi connectivity index (χ2n) is 7.46. The van der Waals surface area contributed by atoms with Crippen molar-refractivity contribution in [2.45, 2.75) is 38.8 Å². The van der Waals surface area contributed by atoms with Crippen LogP contribution in [0.3, 0.4) is 0 Å². The summed E-state index contributed by atoms with van der Waals surface area (Å²) in [6.45, 7) is 3.76. The molecule has 156 valence electrons. The average molecular weight is 431 g/mol. The van der Waals surface area contributed by atoms with Crippen molar-refractivity contribution in [2.75, 3.05) is 10.6 Å². The van der Waals surface area contributed by atoms with E-state index < -0.39 is 18.4 Å². The molecule has 0 spiro atoms. The van der Waals surface area contributed by atoms with Crippen LogP contribution in [0.2, 0.25) is 5.02 Å². The van der Waals surface area contributed by atoms with Crippen LogP contribution in [0, 0.1) is 13.8 Å². The fourth-order valence-corrected chi connectivity index (χ4v) is 3.82. The molecule has 0 bridgehead atoms. The quantitative estimate of drug-likeness (QED) is 0.552. The van der Waals surface area contributed by atoms with Gasteiger partial charge in [0.25, 0.3) is 12.3 Å². The number of nitrogens with zero attached hydrogens (tertiary/aromatic N) is 2. The van der Waals surface area contributed by atoms with Crippen molar-refractivity contribution < 1.29 is 13.6 Å². The van der Waals surface area contributed by atoms with Gasteiger partial charge in [-0.05, 0) is 43.5 Å². The largest absolute Gasteiger partial charge is 0.363 e. The molecule has 2 heterocycles. The normalized spacial score (nSPS) is 18.1. The van der Waals surface area contributed by atoms with Crippen molar-refractivity contribution in [3.05, 3.63) is 75.9 Å². The fraction of sp³-hybridized carbons (Fsp3) is 0.273. The highest BCUT2D eigenvalue weighted by Gasteiger charge is 2.36. The van der Waals surface area contributed by atoms with E-state index in [9.17, 15) is 13.6 Å². The second-order valence-corrected chi connectivity index (χ2v) is 7.87. The van der Waals surface area contributed by atoms with Crippen LogP contribution < -0.4 is 10.6 Å². The lowest BCUT2D eigenvalue weighted by atomic mass is 9.96. The Kier molecular flexibility index (Phi) is 5.47. The second kappa shape index (κ2) is 8.07. The van der Waals surface area contributed by atoms with Gasteiger partial charge in [0, 0.05) is 10.7 Å². The van der Waals surface area contributed by atoms with Crippen molar-refractivity contribution in [2.24, 2.45) is 0 Å². The fourth-order valence-electron chi connectivity index (χ4n) is 3.65. The van der Waals surface area contributed by atoms with E-state index in [0.29, 0.717) is 10.7 Å². The van der Waals surface area contributed by atoms with E-state index in [-0.39, 0.29) is 23.8 Å². The van der Waals surface area contributed by atoms with Crippen LogP contribution in [0.15, 0.2) is 48.7 Å².